The minimum absolute atomic E-state index is 0.157. The van der Waals surface area contributed by atoms with Crippen molar-refractivity contribution in [1.29, 1.82) is 0 Å². The smallest absolute Gasteiger partial charge is 0.324 e. The van der Waals surface area contributed by atoms with Crippen molar-refractivity contribution >= 4 is 34.3 Å². The van der Waals surface area contributed by atoms with E-state index in [0.717, 1.165) is 71.2 Å². The molecule has 3 amide bonds. The molecule has 2 unspecified atom stereocenters. The van der Waals surface area contributed by atoms with Crippen molar-refractivity contribution in [2.24, 2.45) is 5.92 Å². The fourth-order valence-electron chi connectivity index (χ4n) is 7.23. The number of fused-ring (bicyclic) bond motifs is 3. The first-order valence-corrected chi connectivity index (χ1v) is 16.3. The summed E-state index contributed by atoms with van der Waals surface area (Å²) >= 11 is 0. The Morgan fingerprint density at radius 1 is 0.913 bits per heavy atom. The molecular formula is C38H42N6O2. The Kier molecular flexibility index (Phi) is 7.67. The Hall–Kier alpha value is -4.85. The van der Waals surface area contributed by atoms with Gasteiger partial charge in [-0.25, -0.2) is 9.48 Å². The van der Waals surface area contributed by atoms with Gasteiger partial charge in [0.2, 0.25) is 0 Å². The number of hydrogen-bond acceptors (Lipinski definition) is 3. The number of nitrogens with zero attached hydrogens (tertiary/aromatic N) is 3. The van der Waals surface area contributed by atoms with Gasteiger partial charge < -0.3 is 15.2 Å². The zero-order valence-electron chi connectivity index (χ0n) is 27.0. The third-order valence-corrected chi connectivity index (χ3v) is 9.57. The first-order valence-electron chi connectivity index (χ1n) is 16.3. The Labute approximate surface area is 270 Å². The zero-order chi connectivity index (χ0) is 32.0. The van der Waals surface area contributed by atoms with Gasteiger partial charge in [-0.15, -0.1) is 0 Å². The fraction of sp³-hybridized carbons (Fsp3) is 0.342. The quantitative estimate of drug-likeness (QED) is 0.180. The Morgan fingerprint density at radius 2 is 1.67 bits per heavy atom. The van der Waals surface area contributed by atoms with E-state index >= 15 is 0 Å². The number of anilines is 2. The molecule has 3 N–H and O–H groups in total. The first kappa shape index (κ1) is 29.8. The largest absolute Gasteiger partial charge is 0.361 e. The second-order valence-electron chi connectivity index (χ2n) is 14.1. The molecule has 0 spiro atoms. The summed E-state index contributed by atoms with van der Waals surface area (Å²) in [5.41, 5.74) is 6.55. The minimum Gasteiger partial charge on any atom is -0.361 e. The van der Waals surface area contributed by atoms with Crippen molar-refractivity contribution in [3.05, 3.63) is 107 Å². The third kappa shape index (κ3) is 6.04. The molecule has 236 valence electrons. The van der Waals surface area contributed by atoms with Gasteiger partial charge in [-0.3, -0.25) is 10.1 Å². The van der Waals surface area contributed by atoms with Crippen molar-refractivity contribution in [2.75, 3.05) is 10.6 Å². The van der Waals surface area contributed by atoms with E-state index in [2.05, 4.69) is 60.3 Å². The lowest BCUT2D eigenvalue weighted by molar-refractivity contribution is 0.0524. The molecule has 46 heavy (non-hydrogen) atoms. The lowest BCUT2D eigenvalue weighted by atomic mass is 9.85. The van der Waals surface area contributed by atoms with Crippen LogP contribution < -0.4 is 10.6 Å². The second-order valence-corrected chi connectivity index (χ2v) is 14.1. The molecule has 4 heterocycles. The molecule has 0 saturated carbocycles. The molecule has 2 aliphatic heterocycles. The number of carbonyl (C=O) groups excluding carboxylic acids is 2. The number of rotatable bonds is 6. The van der Waals surface area contributed by atoms with Gasteiger partial charge in [0.05, 0.1) is 11.4 Å². The van der Waals surface area contributed by atoms with Crippen LogP contribution in [0.25, 0.3) is 16.6 Å². The van der Waals surface area contributed by atoms with Crippen molar-refractivity contribution in [3.63, 3.8) is 0 Å². The van der Waals surface area contributed by atoms with Crippen LogP contribution in [-0.4, -0.2) is 43.7 Å². The highest BCUT2D eigenvalue weighted by Gasteiger charge is 2.43. The highest BCUT2D eigenvalue weighted by Crippen LogP contribution is 2.41. The van der Waals surface area contributed by atoms with E-state index in [1.165, 1.54) is 5.56 Å². The molecule has 2 saturated heterocycles. The Balaban J connectivity index is 1.00. The number of carbonyl (C=O) groups is 2. The van der Waals surface area contributed by atoms with Crippen molar-refractivity contribution in [3.8, 4) is 5.69 Å². The zero-order valence-corrected chi connectivity index (χ0v) is 27.0. The summed E-state index contributed by atoms with van der Waals surface area (Å²) < 4.78 is 1.79. The number of H-pyrrole nitrogens is 1. The lowest BCUT2D eigenvalue weighted by Gasteiger charge is -2.39. The first-order chi connectivity index (χ1) is 22.1. The van der Waals surface area contributed by atoms with Gasteiger partial charge in [0.15, 0.2) is 0 Å². The summed E-state index contributed by atoms with van der Waals surface area (Å²) in [7, 11) is 0. The summed E-state index contributed by atoms with van der Waals surface area (Å²) in [5.74, 6) is 1.27. The molecule has 5 aromatic rings. The number of aryl methyl sites for hydroxylation is 1. The van der Waals surface area contributed by atoms with E-state index in [-0.39, 0.29) is 29.4 Å². The third-order valence-electron chi connectivity index (χ3n) is 9.57. The average Bonchev–Trinajstić information content (AvgIpc) is 3.73. The second kappa shape index (κ2) is 11.8. The van der Waals surface area contributed by atoms with Crippen LogP contribution in [0.3, 0.4) is 0 Å². The average molecular weight is 615 g/mol. The van der Waals surface area contributed by atoms with Crippen LogP contribution in [0, 0.1) is 12.8 Å². The predicted molar refractivity (Wildman–Crippen MR) is 184 cm³/mol. The van der Waals surface area contributed by atoms with Gasteiger partial charge in [-0.2, -0.15) is 5.10 Å². The maximum atomic E-state index is 13.6. The molecule has 7 rings (SSSR count). The summed E-state index contributed by atoms with van der Waals surface area (Å²) in [6.45, 7) is 8.39. The van der Waals surface area contributed by atoms with Crippen molar-refractivity contribution in [2.45, 2.75) is 77.3 Å². The number of benzene rings is 3. The number of urea groups is 1. The number of piperidine rings is 1. The summed E-state index contributed by atoms with van der Waals surface area (Å²) in [6, 6.07) is 26.4. The van der Waals surface area contributed by atoms with E-state index in [4.69, 9.17) is 5.10 Å². The molecule has 2 bridgehead atoms. The number of aromatic nitrogens is 3. The van der Waals surface area contributed by atoms with Crippen LogP contribution >= 0.6 is 0 Å². The molecule has 2 aliphatic rings. The molecule has 2 atom stereocenters. The Morgan fingerprint density at radius 3 is 2.41 bits per heavy atom. The minimum atomic E-state index is -0.312. The van der Waals surface area contributed by atoms with Crippen molar-refractivity contribution in [1.82, 2.24) is 19.7 Å². The van der Waals surface area contributed by atoms with Gasteiger partial charge in [-0.1, -0.05) is 50.6 Å². The summed E-state index contributed by atoms with van der Waals surface area (Å²) in [5, 5.41) is 12.0. The topological polar surface area (TPSA) is 95.1 Å². The van der Waals surface area contributed by atoms with Crippen LogP contribution in [0.5, 0.6) is 0 Å². The number of aromatic amines is 1. The van der Waals surface area contributed by atoms with E-state index in [1.54, 1.807) is 4.68 Å². The van der Waals surface area contributed by atoms with Crippen LogP contribution in [0.15, 0.2) is 85.1 Å². The highest BCUT2D eigenvalue weighted by molar-refractivity contribution is 6.00. The number of hydrogen-bond donors (Lipinski definition) is 3. The summed E-state index contributed by atoms with van der Waals surface area (Å²) in [4.78, 5) is 32.2. The van der Waals surface area contributed by atoms with Crippen molar-refractivity contribution < 1.29 is 9.59 Å². The van der Waals surface area contributed by atoms with Gasteiger partial charge in [-0.05, 0) is 99.0 Å². The van der Waals surface area contributed by atoms with Gasteiger partial charge >= 0.3 is 6.03 Å². The normalized spacial score (nSPS) is 19.4. The number of amides is 3. The molecular weight excluding hydrogens is 572 g/mol. The van der Waals surface area contributed by atoms with Gasteiger partial charge in [0.25, 0.3) is 5.91 Å². The predicted octanol–water partition coefficient (Wildman–Crippen LogP) is 8.23. The Bertz CT molecular complexity index is 1880. The molecule has 0 radical (unpaired) electrons. The standard InChI is InChI=1S/C38H42N6O2/c1-24-8-11-30(12-9-24)44-35(23-34(42-44)38(2,3)4)41-37(46)40-29-7-5-6-25(19-29)18-26-20-31-13-14-32(21-26)43(31)36(45)28-10-15-33-27(22-28)16-17-39-33/h5-12,15-17,19,22-23,26,31-32,39H,13-14,18,20-21H2,1-4H3,(H2,40,41,46). The summed E-state index contributed by atoms with van der Waals surface area (Å²) in [6.07, 6.45) is 6.98. The molecule has 8 heteroatoms. The molecule has 2 aromatic heterocycles. The number of nitrogens with one attached hydrogen (secondary N) is 3. The lowest BCUT2D eigenvalue weighted by Crippen LogP contribution is -2.46. The van der Waals surface area contributed by atoms with Crippen LogP contribution in [0.1, 0.15) is 73.6 Å². The van der Waals surface area contributed by atoms with Crippen LogP contribution in [0.2, 0.25) is 0 Å². The molecule has 8 nitrogen and oxygen atoms in total. The molecule has 2 fully saturated rings. The maximum absolute atomic E-state index is 13.6. The van der Waals surface area contributed by atoms with Gasteiger partial charge in [0, 0.05) is 51.9 Å². The fourth-order valence-corrected chi connectivity index (χ4v) is 7.23. The van der Waals surface area contributed by atoms with Crippen LogP contribution in [-0.2, 0) is 11.8 Å². The van der Waals surface area contributed by atoms with Gasteiger partial charge in [0.1, 0.15) is 5.82 Å². The van der Waals surface area contributed by atoms with E-state index < -0.39 is 0 Å². The van der Waals surface area contributed by atoms with E-state index in [0.29, 0.717) is 11.7 Å². The molecule has 3 aromatic carbocycles. The van der Waals surface area contributed by atoms with Crippen LogP contribution in [0.4, 0.5) is 16.3 Å². The monoisotopic (exact) mass is 614 g/mol. The van der Waals surface area contributed by atoms with E-state index in [1.807, 2.05) is 72.9 Å². The maximum Gasteiger partial charge on any atom is 0.324 e. The van der Waals surface area contributed by atoms with E-state index in [9.17, 15) is 9.59 Å². The SMILES string of the molecule is Cc1ccc(-n2nc(C(C)(C)C)cc2NC(=O)Nc2cccc(CC3CC4CCC(C3)N4C(=O)c3ccc4[nH]ccc4c3)c2)cc1. The molecule has 0 aliphatic carbocycles. The highest BCUT2D eigenvalue weighted by atomic mass is 16.2.